The van der Waals surface area contributed by atoms with E-state index in [2.05, 4.69) is 10.1 Å². The minimum atomic E-state index is -0.868. The van der Waals surface area contributed by atoms with Gasteiger partial charge in [0, 0.05) is 30.7 Å². The second kappa shape index (κ2) is 7.34. The lowest BCUT2D eigenvalue weighted by molar-refractivity contribution is -0.384. The molecule has 0 bridgehead atoms. The number of rotatable bonds is 6. The van der Waals surface area contributed by atoms with Crippen molar-refractivity contribution >= 4 is 23.5 Å². The summed E-state index contributed by atoms with van der Waals surface area (Å²) >= 11 is 0. The molecule has 1 N–H and O–H groups in total. The molecule has 0 saturated carbocycles. The van der Waals surface area contributed by atoms with Crippen LogP contribution in [-0.2, 0) is 19.1 Å². The third kappa shape index (κ3) is 4.50. The highest BCUT2D eigenvalue weighted by molar-refractivity contribution is 5.94. The molecular formula is C14H14N2O7. The Bertz CT molecular complexity index is 627. The van der Waals surface area contributed by atoms with Crippen molar-refractivity contribution in [2.45, 2.75) is 18.9 Å². The molecule has 1 amide bonds. The summed E-state index contributed by atoms with van der Waals surface area (Å²) in [6, 6.07) is 5.07. The van der Waals surface area contributed by atoms with Crippen LogP contribution in [-0.4, -0.2) is 42.0 Å². The summed E-state index contributed by atoms with van der Waals surface area (Å²) in [6.45, 7) is 0.254. The van der Waals surface area contributed by atoms with Crippen LogP contribution in [0, 0.1) is 10.1 Å². The first kappa shape index (κ1) is 16.4. The van der Waals surface area contributed by atoms with E-state index in [9.17, 15) is 24.5 Å². The van der Waals surface area contributed by atoms with Crippen LogP contribution in [0.4, 0.5) is 5.69 Å². The number of benzene rings is 1. The summed E-state index contributed by atoms with van der Waals surface area (Å²) in [5, 5.41) is 13.0. The monoisotopic (exact) mass is 322 g/mol. The Hall–Kier alpha value is -2.97. The van der Waals surface area contributed by atoms with E-state index >= 15 is 0 Å². The maximum absolute atomic E-state index is 11.8. The number of hydrogen-bond donors (Lipinski definition) is 1. The molecule has 0 aromatic heterocycles. The molecule has 9 heteroatoms. The van der Waals surface area contributed by atoms with Crippen molar-refractivity contribution in [1.29, 1.82) is 0 Å². The zero-order valence-electron chi connectivity index (χ0n) is 12.0. The summed E-state index contributed by atoms with van der Waals surface area (Å²) in [5.74, 6) is -1.64. The average molecular weight is 322 g/mol. The van der Waals surface area contributed by atoms with Gasteiger partial charge < -0.3 is 14.8 Å². The summed E-state index contributed by atoms with van der Waals surface area (Å²) in [4.78, 5) is 44.4. The third-order valence-electron chi connectivity index (χ3n) is 3.12. The van der Waals surface area contributed by atoms with Crippen LogP contribution < -0.4 is 5.32 Å². The predicted molar refractivity (Wildman–Crippen MR) is 75.5 cm³/mol. The second-order valence-corrected chi connectivity index (χ2v) is 4.74. The molecule has 1 saturated heterocycles. The number of hydrogen-bond acceptors (Lipinski definition) is 7. The fourth-order valence-corrected chi connectivity index (χ4v) is 1.92. The topological polar surface area (TPSA) is 125 Å². The van der Waals surface area contributed by atoms with E-state index < -0.39 is 28.9 Å². The minimum Gasteiger partial charge on any atom is -0.463 e. The number of nitrogens with zero attached hydrogens (tertiary/aromatic N) is 1. The van der Waals surface area contributed by atoms with Crippen molar-refractivity contribution in [3.63, 3.8) is 0 Å². The van der Waals surface area contributed by atoms with Gasteiger partial charge in [0.1, 0.15) is 0 Å². The Labute approximate surface area is 130 Å². The third-order valence-corrected chi connectivity index (χ3v) is 3.12. The Morgan fingerprint density at radius 2 is 2.04 bits per heavy atom. The number of cyclic esters (lactones) is 1. The van der Waals surface area contributed by atoms with Crippen LogP contribution in [0.2, 0.25) is 0 Å². The van der Waals surface area contributed by atoms with Crippen molar-refractivity contribution in [1.82, 2.24) is 5.32 Å². The molecule has 1 aromatic rings. The molecule has 2 rings (SSSR count). The molecular weight excluding hydrogens is 308 g/mol. The maximum Gasteiger partial charge on any atom is 0.347 e. The standard InChI is InChI=1S/C14H14N2O7/c17-12(23-11-6-8-22-14(11)19)5-7-15-13(18)9-1-3-10(4-2-9)16(20)21/h1-4,11H,5-8H2,(H,15,18)/t11-/m0/s1. The minimum absolute atomic E-state index is 0.0242. The number of ether oxygens (including phenoxy) is 2. The Morgan fingerprint density at radius 1 is 1.35 bits per heavy atom. The van der Waals surface area contributed by atoms with Crippen LogP contribution in [0.1, 0.15) is 23.2 Å². The fraction of sp³-hybridized carbons (Fsp3) is 0.357. The lowest BCUT2D eigenvalue weighted by Gasteiger charge is -2.09. The highest BCUT2D eigenvalue weighted by atomic mass is 16.6. The zero-order valence-corrected chi connectivity index (χ0v) is 12.0. The van der Waals surface area contributed by atoms with E-state index in [0.29, 0.717) is 6.42 Å². The number of nitro groups is 1. The first-order chi connectivity index (χ1) is 11.0. The van der Waals surface area contributed by atoms with Crippen LogP contribution in [0.15, 0.2) is 24.3 Å². The Kier molecular flexibility index (Phi) is 5.23. The molecule has 0 spiro atoms. The van der Waals surface area contributed by atoms with Crippen LogP contribution in [0.3, 0.4) is 0 Å². The maximum atomic E-state index is 11.8. The van der Waals surface area contributed by atoms with Gasteiger partial charge in [-0.2, -0.15) is 0 Å². The number of nitrogens with one attached hydrogen (secondary N) is 1. The SMILES string of the molecule is O=C(CCNC(=O)c1ccc([N+](=O)[O-])cc1)O[C@H]1CCOC1=O. The van der Waals surface area contributed by atoms with Gasteiger partial charge in [0.25, 0.3) is 11.6 Å². The van der Waals surface area contributed by atoms with Crippen molar-refractivity contribution in [2.75, 3.05) is 13.2 Å². The van der Waals surface area contributed by atoms with E-state index in [4.69, 9.17) is 4.74 Å². The Morgan fingerprint density at radius 3 is 2.61 bits per heavy atom. The quantitative estimate of drug-likeness (QED) is 0.461. The summed E-state index contributed by atoms with van der Waals surface area (Å²) in [6.07, 6.45) is -0.629. The van der Waals surface area contributed by atoms with E-state index in [0.717, 1.165) is 0 Å². The zero-order chi connectivity index (χ0) is 16.8. The largest absolute Gasteiger partial charge is 0.463 e. The number of nitro benzene ring substituents is 1. The number of carbonyl (C=O) groups is 3. The van der Waals surface area contributed by atoms with Gasteiger partial charge in [0.2, 0.25) is 6.10 Å². The van der Waals surface area contributed by atoms with E-state index in [-0.39, 0.29) is 30.8 Å². The van der Waals surface area contributed by atoms with Crippen molar-refractivity contribution in [3.8, 4) is 0 Å². The van der Waals surface area contributed by atoms with Crippen molar-refractivity contribution < 1.29 is 28.8 Å². The predicted octanol–water partition coefficient (Wildman–Crippen LogP) is 0.573. The number of non-ortho nitro benzene ring substituents is 1. The molecule has 1 atom stereocenters. The van der Waals surface area contributed by atoms with Gasteiger partial charge in [0.15, 0.2) is 0 Å². The molecule has 1 aliphatic heterocycles. The normalized spacial score (nSPS) is 16.5. The van der Waals surface area contributed by atoms with Crippen molar-refractivity contribution in [2.24, 2.45) is 0 Å². The fourth-order valence-electron chi connectivity index (χ4n) is 1.92. The highest BCUT2D eigenvalue weighted by Crippen LogP contribution is 2.12. The molecule has 1 aliphatic rings. The molecule has 122 valence electrons. The van der Waals surface area contributed by atoms with Gasteiger partial charge in [-0.05, 0) is 12.1 Å². The molecule has 1 aromatic carbocycles. The molecule has 0 unspecified atom stereocenters. The smallest absolute Gasteiger partial charge is 0.347 e. The first-order valence-corrected chi connectivity index (χ1v) is 6.86. The summed E-state index contributed by atoms with van der Waals surface area (Å²) in [7, 11) is 0. The molecule has 9 nitrogen and oxygen atoms in total. The molecule has 1 fully saturated rings. The average Bonchev–Trinajstić information content (AvgIpc) is 2.92. The van der Waals surface area contributed by atoms with Gasteiger partial charge in [-0.1, -0.05) is 0 Å². The van der Waals surface area contributed by atoms with Crippen LogP contribution in [0.25, 0.3) is 0 Å². The number of esters is 2. The summed E-state index contributed by atoms with van der Waals surface area (Å²) in [5.41, 5.74) is 0.122. The highest BCUT2D eigenvalue weighted by Gasteiger charge is 2.29. The lowest BCUT2D eigenvalue weighted by Crippen LogP contribution is -2.28. The van der Waals surface area contributed by atoms with Gasteiger partial charge in [-0.25, -0.2) is 4.79 Å². The van der Waals surface area contributed by atoms with E-state index in [1.54, 1.807) is 0 Å². The lowest BCUT2D eigenvalue weighted by atomic mass is 10.2. The second-order valence-electron chi connectivity index (χ2n) is 4.74. The van der Waals surface area contributed by atoms with Gasteiger partial charge in [-0.3, -0.25) is 19.7 Å². The van der Waals surface area contributed by atoms with Crippen LogP contribution >= 0.6 is 0 Å². The Balaban J connectivity index is 1.74. The van der Waals surface area contributed by atoms with Gasteiger partial charge >= 0.3 is 11.9 Å². The number of amides is 1. The van der Waals surface area contributed by atoms with E-state index in [1.165, 1.54) is 24.3 Å². The molecule has 1 heterocycles. The van der Waals surface area contributed by atoms with Gasteiger partial charge in [0.05, 0.1) is 18.0 Å². The van der Waals surface area contributed by atoms with Gasteiger partial charge in [-0.15, -0.1) is 0 Å². The number of carbonyl (C=O) groups excluding carboxylic acids is 3. The van der Waals surface area contributed by atoms with E-state index in [1.807, 2.05) is 0 Å². The molecule has 23 heavy (non-hydrogen) atoms. The first-order valence-electron chi connectivity index (χ1n) is 6.86. The van der Waals surface area contributed by atoms with Crippen molar-refractivity contribution in [3.05, 3.63) is 39.9 Å². The molecule has 0 aliphatic carbocycles. The van der Waals surface area contributed by atoms with Crippen LogP contribution in [0.5, 0.6) is 0 Å². The molecule has 0 radical (unpaired) electrons. The summed E-state index contributed by atoms with van der Waals surface area (Å²) < 4.78 is 9.57.